The van der Waals surface area contributed by atoms with Crippen molar-refractivity contribution in [2.24, 2.45) is 0 Å². The molecule has 0 aliphatic rings. The summed E-state index contributed by atoms with van der Waals surface area (Å²) in [6.07, 6.45) is 0. The van der Waals surface area contributed by atoms with Crippen molar-refractivity contribution in [2.45, 2.75) is 12.8 Å². The van der Waals surface area contributed by atoms with E-state index in [2.05, 4.69) is 19.1 Å². The maximum atomic E-state index is 8.76. The lowest BCUT2D eigenvalue weighted by Gasteiger charge is -2.13. The van der Waals surface area contributed by atoms with Crippen molar-refractivity contribution in [2.75, 3.05) is 0 Å². The van der Waals surface area contributed by atoms with Crippen LogP contribution in [0.5, 0.6) is 5.75 Å². The van der Waals surface area contributed by atoms with Gasteiger partial charge in [-0.15, -0.1) is 0 Å². The van der Waals surface area contributed by atoms with Crippen molar-refractivity contribution < 1.29 is 14.3 Å². The van der Waals surface area contributed by atoms with Crippen LogP contribution >= 0.6 is 8.60 Å². The van der Waals surface area contributed by atoms with Gasteiger partial charge >= 0.3 is 8.60 Å². The Kier molecular flexibility index (Phi) is 4.32. The molecule has 0 saturated carbocycles. The normalized spacial score (nSPS) is 12.4. The van der Waals surface area contributed by atoms with E-state index < -0.39 is 8.60 Å². The molecular formula is C14H15O3P. The topological polar surface area (TPSA) is 49.7 Å². The van der Waals surface area contributed by atoms with Crippen LogP contribution in [-0.2, 0) is 0 Å². The number of benzene rings is 2. The molecule has 2 aromatic carbocycles. The first-order valence-corrected chi connectivity index (χ1v) is 6.84. The first-order valence-electron chi connectivity index (χ1n) is 5.67. The minimum atomic E-state index is -2.35. The zero-order chi connectivity index (χ0) is 13.0. The Morgan fingerprint density at radius 2 is 1.44 bits per heavy atom. The van der Waals surface area contributed by atoms with E-state index in [1.165, 1.54) is 5.56 Å². The van der Waals surface area contributed by atoms with Gasteiger partial charge < -0.3 is 14.3 Å². The van der Waals surface area contributed by atoms with Crippen molar-refractivity contribution in [1.82, 2.24) is 0 Å². The summed E-state index contributed by atoms with van der Waals surface area (Å²) in [6.45, 7) is 2.14. The van der Waals surface area contributed by atoms with E-state index in [1.807, 2.05) is 30.3 Å². The highest BCUT2D eigenvalue weighted by atomic mass is 31.2. The van der Waals surface area contributed by atoms with Gasteiger partial charge in [-0.3, -0.25) is 0 Å². The summed E-state index contributed by atoms with van der Waals surface area (Å²) in [5.74, 6) is 0.764. The van der Waals surface area contributed by atoms with E-state index in [0.717, 1.165) is 5.56 Å². The average Bonchev–Trinajstić information content (AvgIpc) is 2.39. The molecule has 1 unspecified atom stereocenters. The summed E-state index contributed by atoms with van der Waals surface area (Å²) in [5, 5.41) is 0. The molecule has 0 amide bonds. The van der Waals surface area contributed by atoms with Gasteiger partial charge in [-0.25, -0.2) is 0 Å². The highest BCUT2D eigenvalue weighted by molar-refractivity contribution is 7.39. The largest absolute Gasteiger partial charge is 0.427 e. The molecule has 4 heteroatoms. The molecule has 3 nitrogen and oxygen atoms in total. The molecule has 1 atom stereocenters. The zero-order valence-corrected chi connectivity index (χ0v) is 10.9. The fraction of sp³-hybridized carbons (Fsp3) is 0.143. The fourth-order valence-corrected chi connectivity index (χ4v) is 2.16. The lowest BCUT2D eigenvalue weighted by molar-refractivity contribution is 0.375. The van der Waals surface area contributed by atoms with Gasteiger partial charge in [0.15, 0.2) is 0 Å². The average molecular weight is 262 g/mol. The third kappa shape index (κ3) is 3.30. The second-order valence-corrected chi connectivity index (χ2v) is 4.73. The molecular weight excluding hydrogens is 247 g/mol. The molecule has 2 rings (SSSR count). The Balaban J connectivity index is 2.14. The van der Waals surface area contributed by atoms with Crippen LogP contribution in [0.4, 0.5) is 0 Å². The van der Waals surface area contributed by atoms with Crippen LogP contribution in [0.15, 0.2) is 54.6 Å². The molecule has 0 spiro atoms. The molecule has 18 heavy (non-hydrogen) atoms. The predicted octanol–water partition coefficient (Wildman–Crippen LogP) is 3.43. The van der Waals surface area contributed by atoms with E-state index in [-0.39, 0.29) is 0 Å². The fourth-order valence-electron chi connectivity index (χ4n) is 1.85. The number of hydrogen-bond acceptors (Lipinski definition) is 3. The Morgan fingerprint density at radius 1 is 0.889 bits per heavy atom. The molecule has 0 heterocycles. The van der Waals surface area contributed by atoms with Crippen molar-refractivity contribution >= 4 is 8.60 Å². The van der Waals surface area contributed by atoms with Gasteiger partial charge in [0.05, 0.1) is 0 Å². The van der Waals surface area contributed by atoms with E-state index in [4.69, 9.17) is 14.3 Å². The van der Waals surface area contributed by atoms with E-state index in [1.54, 1.807) is 12.1 Å². The summed E-state index contributed by atoms with van der Waals surface area (Å²) in [7, 11) is -2.35. The first-order chi connectivity index (χ1) is 8.66. The minimum Gasteiger partial charge on any atom is -0.427 e. The van der Waals surface area contributed by atoms with Crippen molar-refractivity contribution in [3.63, 3.8) is 0 Å². The summed E-state index contributed by atoms with van der Waals surface area (Å²) in [5.41, 5.74) is 2.41. The third-order valence-electron chi connectivity index (χ3n) is 2.87. The van der Waals surface area contributed by atoms with Crippen LogP contribution in [0, 0.1) is 0 Å². The molecule has 2 N–H and O–H groups in total. The molecule has 0 radical (unpaired) electrons. The van der Waals surface area contributed by atoms with Crippen LogP contribution in [0.2, 0.25) is 0 Å². The quantitative estimate of drug-likeness (QED) is 0.830. The summed E-state index contributed by atoms with van der Waals surface area (Å²) >= 11 is 0. The first kappa shape index (κ1) is 13.0. The summed E-state index contributed by atoms with van der Waals surface area (Å²) in [4.78, 5) is 17.5. The second-order valence-electron chi connectivity index (χ2n) is 4.05. The standard InChI is InChI=1S/C14H15O3P/c1-11(12-5-3-2-4-6-12)13-7-9-14(10-8-13)17-18(15)16/h2-11,15-16H,1H3. The van der Waals surface area contributed by atoms with Crippen molar-refractivity contribution in [1.29, 1.82) is 0 Å². The Labute approximate surface area is 108 Å². The van der Waals surface area contributed by atoms with Gasteiger partial charge in [0, 0.05) is 5.92 Å². The summed E-state index contributed by atoms with van der Waals surface area (Å²) in [6, 6.07) is 17.6. The van der Waals surface area contributed by atoms with Crippen LogP contribution in [-0.4, -0.2) is 9.79 Å². The Hall–Kier alpha value is -1.41. The molecule has 0 aliphatic carbocycles. The van der Waals surface area contributed by atoms with Crippen LogP contribution in [0.1, 0.15) is 24.0 Å². The SMILES string of the molecule is CC(c1ccccc1)c1ccc(OP(O)O)cc1. The zero-order valence-electron chi connectivity index (χ0n) is 10.0. The molecule has 0 saturated heterocycles. The Morgan fingerprint density at radius 3 is 2.00 bits per heavy atom. The van der Waals surface area contributed by atoms with Gasteiger partial charge in [0.25, 0.3) is 0 Å². The van der Waals surface area contributed by atoms with Crippen molar-refractivity contribution in [3.8, 4) is 5.75 Å². The molecule has 94 valence electrons. The molecule has 2 aromatic rings. The number of rotatable bonds is 4. The molecule has 0 bridgehead atoms. The van der Waals surface area contributed by atoms with Crippen LogP contribution in [0.25, 0.3) is 0 Å². The summed E-state index contributed by atoms with van der Waals surface area (Å²) < 4.78 is 4.83. The Bertz CT molecular complexity index is 482. The lowest BCUT2D eigenvalue weighted by atomic mass is 9.93. The highest BCUT2D eigenvalue weighted by Gasteiger charge is 2.08. The van der Waals surface area contributed by atoms with Gasteiger partial charge in [-0.05, 0) is 23.3 Å². The van der Waals surface area contributed by atoms with Crippen LogP contribution in [0.3, 0.4) is 0 Å². The molecule has 0 aliphatic heterocycles. The van der Waals surface area contributed by atoms with Crippen molar-refractivity contribution in [3.05, 3.63) is 65.7 Å². The van der Waals surface area contributed by atoms with Gasteiger partial charge in [0.2, 0.25) is 0 Å². The second kappa shape index (κ2) is 5.96. The van der Waals surface area contributed by atoms with E-state index in [0.29, 0.717) is 11.7 Å². The lowest BCUT2D eigenvalue weighted by Crippen LogP contribution is -1.95. The maximum absolute atomic E-state index is 8.76. The van der Waals surface area contributed by atoms with E-state index in [9.17, 15) is 0 Å². The van der Waals surface area contributed by atoms with Gasteiger partial charge in [-0.2, -0.15) is 0 Å². The maximum Gasteiger partial charge on any atom is 0.391 e. The third-order valence-corrected chi connectivity index (χ3v) is 3.24. The van der Waals surface area contributed by atoms with Gasteiger partial charge in [-0.1, -0.05) is 49.4 Å². The molecule has 0 aromatic heterocycles. The predicted molar refractivity (Wildman–Crippen MR) is 72.4 cm³/mol. The minimum absolute atomic E-state index is 0.296. The molecule has 0 fully saturated rings. The number of hydrogen-bond donors (Lipinski definition) is 2. The monoisotopic (exact) mass is 262 g/mol. The van der Waals surface area contributed by atoms with Crippen LogP contribution < -0.4 is 4.52 Å². The highest BCUT2D eigenvalue weighted by Crippen LogP contribution is 2.31. The smallest absolute Gasteiger partial charge is 0.391 e. The van der Waals surface area contributed by atoms with E-state index >= 15 is 0 Å². The van der Waals surface area contributed by atoms with Gasteiger partial charge in [0.1, 0.15) is 5.75 Å².